The number of carbonyl (C=O) groups is 1. The fraction of sp³-hybridized carbons (Fsp3) is 0.240. The number of benzene rings is 3. The van der Waals surface area contributed by atoms with Crippen molar-refractivity contribution in [3.63, 3.8) is 0 Å². The van der Waals surface area contributed by atoms with Crippen molar-refractivity contribution in [1.82, 2.24) is 0 Å². The summed E-state index contributed by atoms with van der Waals surface area (Å²) in [5.41, 5.74) is 1.53. The molecular weight excluding hydrogens is 408 g/mol. The summed E-state index contributed by atoms with van der Waals surface area (Å²) in [5.74, 6) is 2.15. The van der Waals surface area contributed by atoms with Crippen LogP contribution in [0.15, 0.2) is 78.9 Å². The van der Waals surface area contributed by atoms with Crippen LogP contribution in [-0.2, 0) is 9.53 Å². The van der Waals surface area contributed by atoms with E-state index in [4.69, 9.17) is 18.9 Å². The van der Waals surface area contributed by atoms with Gasteiger partial charge in [-0.2, -0.15) is 0 Å². The Bertz CT molecular complexity index is 931. The summed E-state index contributed by atoms with van der Waals surface area (Å²) in [5, 5.41) is 5.94. The van der Waals surface area contributed by atoms with E-state index in [1.807, 2.05) is 66.7 Å². The minimum absolute atomic E-state index is 0.142. The van der Waals surface area contributed by atoms with E-state index in [9.17, 15) is 4.79 Å². The van der Waals surface area contributed by atoms with Gasteiger partial charge in [0, 0.05) is 18.5 Å². The van der Waals surface area contributed by atoms with Crippen LogP contribution < -0.4 is 24.8 Å². The Morgan fingerprint density at radius 3 is 1.72 bits per heavy atom. The largest absolute Gasteiger partial charge is 0.491 e. The molecule has 0 radical (unpaired) electrons. The lowest BCUT2D eigenvalue weighted by Crippen LogP contribution is -2.21. The van der Waals surface area contributed by atoms with Gasteiger partial charge in [0.25, 0.3) is 0 Å². The van der Waals surface area contributed by atoms with Crippen LogP contribution in [0.3, 0.4) is 0 Å². The lowest BCUT2D eigenvalue weighted by atomic mass is 10.3. The zero-order valence-electron chi connectivity index (χ0n) is 18.1. The number of hydrogen-bond donors (Lipinski definition) is 2. The Kier molecular flexibility index (Phi) is 9.23. The van der Waals surface area contributed by atoms with Gasteiger partial charge in [0.05, 0.1) is 13.2 Å². The van der Waals surface area contributed by atoms with Crippen LogP contribution >= 0.6 is 0 Å². The summed E-state index contributed by atoms with van der Waals surface area (Å²) in [6.07, 6.45) is 0. The standard InChI is InChI=1S/C25H28N2O5/c1-29-15-16-30-24-13-9-21(10-14-24)27-25(28)19-26-20-7-11-23(12-8-20)32-18-17-31-22-5-3-2-4-6-22/h2-14,26H,15-19H2,1H3,(H,27,28). The second kappa shape index (κ2) is 12.9. The van der Waals surface area contributed by atoms with Gasteiger partial charge in [-0.1, -0.05) is 18.2 Å². The van der Waals surface area contributed by atoms with Crippen molar-refractivity contribution in [1.29, 1.82) is 0 Å². The molecule has 0 aromatic heterocycles. The highest BCUT2D eigenvalue weighted by molar-refractivity contribution is 5.93. The smallest absolute Gasteiger partial charge is 0.243 e. The number of rotatable bonds is 13. The van der Waals surface area contributed by atoms with Crippen LogP contribution in [0.1, 0.15) is 0 Å². The monoisotopic (exact) mass is 436 g/mol. The third-order valence-electron chi connectivity index (χ3n) is 4.37. The lowest BCUT2D eigenvalue weighted by Gasteiger charge is -2.11. The molecule has 0 saturated heterocycles. The summed E-state index contributed by atoms with van der Waals surface area (Å²) in [4.78, 5) is 12.2. The van der Waals surface area contributed by atoms with Crippen LogP contribution in [-0.4, -0.2) is 46.0 Å². The van der Waals surface area contributed by atoms with Crippen molar-refractivity contribution in [2.75, 3.05) is 50.7 Å². The molecule has 7 nitrogen and oxygen atoms in total. The second-order valence-corrected chi connectivity index (χ2v) is 6.80. The van der Waals surface area contributed by atoms with Crippen molar-refractivity contribution in [2.24, 2.45) is 0 Å². The first kappa shape index (κ1) is 23.0. The van der Waals surface area contributed by atoms with Gasteiger partial charge in [-0.25, -0.2) is 0 Å². The van der Waals surface area contributed by atoms with E-state index in [2.05, 4.69) is 10.6 Å². The van der Waals surface area contributed by atoms with E-state index in [-0.39, 0.29) is 12.5 Å². The van der Waals surface area contributed by atoms with Gasteiger partial charge in [0.1, 0.15) is 37.1 Å². The third-order valence-corrected chi connectivity index (χ3v) is 4.37. The van der Waals surface area contributed by atoms with Gasteiger partial charge in [-0.15, -0.1) is 0 Å². The van der Waals surface area contributed by atoms with E-state index in [1.165, 1.54) is 0 Å². The van der Waals surface area contributed by atoms with Crippen LogP contribution in [0.5, 0.6) is 17.2 Å². The molecule has 0 bridgehead atoms. The Balaban J connectivity index is 1.34. The van der Waals surface area contributed by atoms with Gasteiger partial charge in [-0.05, 0) is 60.7 Å². The molecule has 0 saturated carbocycles. The molecule has 0 aliphatic carbocycles. The van der Waals surface area contributed by atoms with E-state index >= 15 is 0 Å². The Labute approximate surface area is 188 Å². The number of anilines is 2. The molecule has 1 amide bonds. The summed E-state index contributed by atoms with van der Waals surface area (Å²) < 4.78 is 21.7. The van der Waals surface area contributed by atoms with E-state index in [0.29, 0.717) is 32.1 Å². The first-order valence-corrected chi connectivity index (χ1v) is 10.4. The van der Waals surface area contributed by atoms with Crippen LogP contribution in [0.25, 0.3) is 0 Å². The van der Waals surface area contributed by atoms with Gasteiger partial charge in [0.15, 0.2) is 0 Å². The maximum atomic E-state index is 12.2. The van der Waals surface area contributed by atoms with Crippen LogP contribution in [0, 0.1) is 0 Å². The molecule has 168 valence electrons. The second-order valence-electron chi connectivity index (χ2n) is 6.80. The molecule has 32 heavy (non-hydrogen) atoms. The Morgan fingerprint density at radius 2 is 1.16 bits per heavy atom. The highest BCUT2D eigenvalue weighted by Gasteiger charge is 2.04. The van der Waals surface area contributed by atoms with Crippen molar-refractivity contribution < 1.29 is 23.7 Å². The third kappa shape index (κ3) is 8.20. The number of methoxy groups -OCH3 is 1. The molecule has 7 heteroatoms. The van der Waals surface area contributed by atoms with Crippen molar-refractivity contribution in [3.8, 4) is 17.2 Å². The summed E-state index contributed by atoms with van der Waals surface area (Å²) in [6, 6.07) is 24.3. The first-order chi connectivity index (χ1) is 15.7. The molecule has 3 aromatic rings. The lowest BCUT2D eigenvalue weighted by molar-refractivity contribution is -0.114. The maximum Gasteiger partial charge on any atom is 0.243 e. The normalized spacial score (nSPS) is 10.3. The summed E-state index contributed by atoms with van der Waals surface area (Å²) >= 11 is 0. The summed E-state index contributed by atoms with van der Waals surface area (Å²) in [6.45, 7) is 2.07. The predicted octanol–water partition coefficient (Wildman–Crippen LogP) is 4.22. The number of para-hydroxylation sites is 1. The molecule has 0 spiro atoms. The fourth-order valence-electron chi connectivity index (χ4n) is 2.77. The minimum Gasteiger partial charge on any atom is -0.491 e. The molecule has 0 aliphatic rings. The fourth-order valence-corrected chi connectivity index (χ4v) is 2.77. The molecule has 0 fully saturated rings. The Hall–Kier alpha value is -3.71. The van der Waals surface area contributed by atoms with Crippen molar-refractivity contribution >= 4 is 17.3 Å². The number of ether oxygens (including phenoxy) is 4. The quantitative estimate of drug-likeness (QED) is 0.391. The van der Waals surface area contributed by atoms with E-state index in [0.717, 1.165) is 22.9 Å². The highest BCUT2D eigenvalue weighted by atomic mass is 16.5. The zero-order valence-corrected chi connectivity index (χ0v) is 18.1. The van der Waals surface area contributed by atoms with Crippen molar-refractivity contribution in [2.45, 2.75) is 0 Å². The zero-order chi connectivity index (χ0) is 22.4. The molecule has 0 unspecified atom stereocenters. The molecular formula is C25H28N2O5. The van der Waals surface area contributed by atoms with Gasteiger partial charge in [-0.3, -0.25) is 4.79 Å². The minimum atomic E-state index is -0.142. The SMILES string of the molecule is COCCOc1ccc(NC(=O)CNc2ccc(OCCOc3ccccc3)cc2)cc1. The van der Waals surface area contributed by atoms with E-state index < -0.39 is 0 Å². The number of amides is 1. The number of carbonyl (C=O) groups excluding carboxylic acids is 1. The van der Waals surface area contributed by atoms with Crippen LogP contribution in [0.2, 0.25) is 0 Å². The maximum absolute atomic E-state index is 12.2. The predicted molar refractivity (Wildman–Crippen MR) is 125 cm³/mol. The summed E-state index contributed by atoms with van der Waals surface area (Å²) in [7, 11) is 1.63. The van der Waals surface area contributed by atoms with Gasteiger partial charge in [0.2, 0.25) is 5.91 Å². The molecule has 0 aliphatic heterocycles. The molecule has 3 rings (SSSR count). The number of nitrogens with one attached hydrogen (secondary N) is 2. The van der Waals surface area contributed by atoms with Crippen molar-refractivity contribution in [3.05, 3.63) is 78.9 Å². The average Bonchev–Trinajstić information content (AvgIpc) is 2.83. The highest BCUT2D eigenvalue weighted by Crippen LogP contribution is 2.17. The molecule has 2 N–H and O–H groups in total. The molecule has 3 aromatic carbocycles. The van der Waals surface area contributed by atoms with Gasteiger partial charge >= 0.3 is 0 Å². The molecule has 0 heterocycles. The first-order valence-electron chi connectivity index (χ1n) is 10.4. The topological polar surface area (TPSA) is 78.1 Å². The van der Waals surface area contributed by atoms with Gasteiger partial charge < -0.3 is 29.6 Å². The number of hydrogen-bond acceptors (Lipinski definition) is 6. The Morgan fingerprint density at radius 1 is 0.656 bits per heavy atom. The van der Waals surface area contributed by atoms with Crippen LogP contribution in [0.4, 0.5) is 11.4 Å². The molecule has 0 atom stereocenters. The van der Waals surface area contributed by atoms with E-state index in [1.54, 1.807) is 19.2 Å². The average molecular weight is 437 g/mol.